The van der Waals surface area contributed by atoms with E-state index in [0.717, 1.165) is 19.4 Å². The summed E-state index contributed by atoms with van der Waals surface area (Å²) >= 11 is 0. The van der Waals surface area contributed by atoms with Crippen LogP contribution in [-0.4, -0.2) is 22.3 Å². The fraction of sp³-hybridized carbons (Fsp3) is 0.312. The van der Waals surface area contributed by atoms with Gasteiger partial charge in [-0.25, -0.2) is 0 Å². The number of nitrogens with one attached hydrogen (secondary N) is 1. The van der Waals surface area contributed by atoms with Crippen LogP contribution in [0.2, 0.25) is 0 Å². The maximum absolute atomic E-state index is 12.2. The molecule has 1 atom stereocenters. The van der Waals surface area contributed by atoms with E-state index in [0.29, 0.717) is 6.42 Å². The lowest BCUT2D eigenvalue weighted by molar-refractivity contribution is -0.131. The number of fused-ring (bicyclic) bond motifs is 3. The summed E-state index contributed by atoms with van der Waals surface area (Å²) in [5.74, 6) is 0.282. The van der Waals surface area contributed by atoms with E-state index in [1.165, 1.54) is 16.8 Å². The lowest BCUT2D eigenvalue weighted by Gasteiger charge is -2.42. The summed E-state index contributed by atoms with van der Waals surface area (Å²) < 4.78 is 0. The highest BCUT2D eigenvalue weighted by molar-refractivity contribution is 5.82. The molecule has 0 bridgehead atoms. The summed E-state index contributed by atoms with van der Waals surface area (Å²) in [4.78, 5) is 17.7. The zero-order valence-electron chi connectivity index (χ0n) is 10.7. The van der Waals surface area contributed by atoms with Crippen LogP contribution in [-0.2, 0) is 16.8 Å². The molecule has 0 aliphatic carbocycles. The lowest BCUT2D eigenvalue weighted by Crippen LogP contribution is -2.48. The minimum atomic E-state index is -0.255. The van der Waals surface area contributed by atoms with Crippen LogP contribution in [0.25, 0.3) is 0 Å². The van der Waals surface area contributed by atoms with E-state index in [2.05, 4.69) is 40.2 Å². The standard InChI is InChI=1S/C16H16N2O/c19-14-6-9-16(13-4-2-1-3-5-13)15-12(7-10-17-15)8-11-18(14)16/h1-5,7,10,17H,6,8-9,11H2/t16-/m0/s1. The molecular formula is C16H16N2O. The Kier molecular flexibility index (Phi) is 2.13. The smallest absolute Gasteiger partial charge is 0.223 e. The second-order valence-corrected chi connectivity index (χ2v) is 5.40. The van der Waals surface area contributed by atoms with Crippen LogP contribution in [0.1, 0.15) is 29.7 Å². The van der Waals surface area contributed by atoms with Crippen LogP contribution in [0, 0.1) is 0 Å². The zero-order valence-corrected chi connectivity index (χ0v) is 10.7. The van der Waals surface area contributed by atoms with Crippen molar-refractivity contribution in [1.29, 1.82) is 0 Å². The number of aromatic amines is 1. The van der Waals surface area contributed by atoms with Gasteiger partial charge in [0.05, 0.1) is 0 Å². The summed E-state index contributed by atoms with van der Waals surface area (Å²) in [7, 11) is 0. The van der Waals surface area contributed by atoms with Crippen molar-refractivity contribution in [3.05, 3.63) is 59.4 Å². The van der Waals surface area contributed by atoms with Crippen molar-refractivity contribution in [1.82, 2.24) is 9.88 Å². The van der Waals surface area contributed by atoms with E-state index in [4.69, 9.17) is 0 Å². The molecule has 19 heavy (non-hydrogen) atoms. The monoisotopic (exact) mass is 252 g/mol. The lowest BCUT2D eigenvalue weighted by atomic mass is 9.79. The third-order valence-electron chi connectivity index (χ3n) is 4.57. The van der Waals surface area contributed by atoms with Crippen LogP contribution < -0.4 is 0 Å². The van der Waals surface area contributed by atoms with Gasteiger partial charge < -0.3 is 9.88 Å². The van der Waals surface area contributed by atoms with Gasteiger partial charge in [0.1, 0.15) is 5.54 Å². The highest BCUT2D eigenvalue weighted by atomic mass is 16.2. The predicted molar refractivity (Wildman–Crippen MR) is 72.7 cm³/mol. The van der Waals surface area contributed by atoms with E-state index in [9.17, 15) is 4.79 Å². The number of rotatable bonds is 1. The van der Waals surface area contributed by atoms with Crippen LogP contribution >= 0.6 is 0 Å². The number of benzene rings is 1. The first-order valence-electron chi connectivity index (χ1n) is 6.85. The highest BCUT2D eigenvalue weighted by Crippen LogP contribution is 2.47. The topological polar surface area (TPSA) is 36.1 Å². The Hall–Kier alpha value is -2.03. The first-order chi connectivity index (χ1) is 9.32. The Bertz CT molecular complexity index is 631. The second-order valence-electron chi connectivity index (χ2n) is 5.40. The van der Waals surface area contributed by atoms with E-state index in [1.54, 1.807) is 0 Å². The van der Waals surface area contributed by atoms with Crippen LogP contribution in [0.5, 0.6) is 0 Å². The molecule has 1 aromatic heterocycles. The molecule has 0 spiro atoms. The van der Waals surface area contributed by atoms with Gasteiger partial charge in [-0.1, -0.05) is 30.3 Å². The summed E-state index contributed by atoms with van der Waals surface area (Å²) in [6, 6.07) is 12.6. The van der Waals surface area contributed by atoms with Crippen molar-refractivity contribution >= 4 is 5.91 Å². The van der Waals surface area contributed by atoms with Gasteiger partial charge in [-0.3, -0.25) is 4.79 Å². The molecule has 1 fully saturated rings. The number of H-pyrrole nitrogens is 1. The molecule has 3 heterocycles. The van der Waals surface area contributed by atoms with E-state index >= 15 is 0 Å². The molecule has 3 heteroatoms. The Morgan fingerprint density at radius 3 is 2.79 bits per heavy atom. The molecule has 96 valence electrons. The molecule has 2 aromatic rings. The number of amides is 1. The second kappa shape index (κ2) is 3.73. The number of aromatic nitrogens is 1. The number of carbonyl (C=O) groups excluding carboxylic acids is 1. The fourth-order valence-electron chi connectivity index (χ4n) is 3.73. The molecule has 0 radical (unpaired) electrons. The van der Waals surface area contributed by atoms with Gasteiger partial charge >= 0.3 is 0 Å². The average Bonchev–Trinajstić information content (AvgIpc) is 3.05. The number of nitrogens with zero attached hydrogens (tertiary/aromatic N) is 1. The highest BCUT2D eigenvalue weighted by Gasteiger charge is 2.51. The molecule has 3 nitrogen and oxygen atoms in total. The molecule has 2 aliphatic rings. The largest absolute Gasteiger partial charge is 0.363 e. The van der Waals surface area contributed by atoms with E-state index in [-0.39, 0.29) is 11.4 Å². The Labute approximate surface area is 112 Å². The molecule has 4 rings (SSSR count). The van der Waals surface area contributed by atoms with E-state index < -0.39 is 0 Å². The van der Waals surface area contributed by atoms with Gasteiger partial charge in [0, 0.05) is 24.9 Å². The average molecular weight is 252 g/mol. The normalized spacial score (nSPS) is 25.3. The molecule has 2 aliphatic heterocycles. The van der Waals surface area contributed by atoms with Gasteiger partial charge in [0.2, 0.25) is 5.91 Å². The Balaban J connectivity index is 1.99. The molecule has 1 saturated heterocycles. The van der Waals surface area contributed by atoms with Crippen molar-refractivity contribution in [2.75, 3.05) is 6.54 Å². The number of hydrogen-bond acceptors (Lipinski definition) is 1. The Morgan fingerprint density at radius 1 is 1.11 bits per heavy atom. The maximum Gasteiger partial charge on any atom is 0.223 e. The van der Waals surface area contributed by atoms with Crippen molar-refractivity contribution < 1.29 is 4.79 Å². The molecular weight excluding hydrogens is 236 g/mol. The van der Waals surface area contributed by atoms with Gasteiger partial charge in [0.25, 0.3) is 0 Å². The molecule has 1 amide bonds. The third-order valence-corrected chi connectivity index (χ3v) is 4.57. The van der Waals surface area contributed by atoms with Crippen LogP contribution in [0.4, 0.5) is 0 Å². The van der Waals surface area contributed by atoms with Gasteiger partial charge in [-0.2, -0.15) is 0 Å². The van der Waals surface area contributed by atoms with Crippen molar-refractivity contribution in [3.8, 4) is 0 Å². The maximum atomic E-state index is 12.2. The first kappa shape index (κ1) is 10.9. The summed E-state index contributed by atoms with van der Waals surface area (Å²) in [5.41, 5.74) is 3.55. The molecule has 0 unspecified atom stereocenters. The molecule has 0 saturated carbocycles. The summed E-state index contributed by atoms with van der Waals surface area (Å²) in [6.07, 6.45) is 4.48. The quantitative estimate of drug-likeness (QED) is 0.831. The fourth-order valence-corrected chi connectivity index (χ4v) is 3.73. The SMILES string of the molecule is O=C1CC[C@]2(c3ccccc3)c3[nH]ccc3CCN12. The molecule has 1 N–H and O–H groups in total. The Morgan fingerprint density at radius 2 is 1.95 bits per heavy atom. The van der Waals surface area contributed by atoms with Gasteiger partial charge in [-0.05, 0) is 30.0 Å². The van der Waals surface area contributed by atoms with Crippen molar-refractivity contribution in [2.24, 2.45) is 0 Å². The van der Waals surface area contributed by atoms with Crippen molar-refractivity contribution in [2.45, 2.75) is 24.8 Å². The van der Waals surface area contributed by atoms with Crippen LogP contribution in [0.15, 0.2) is 42.6 Å². The zero-order chi connectivity index (χ0) is 12.9. The van der Waals surface area contributed by atoms with Gasteiger partial charge in [0.15, 0.2) is 0 Å². The summed E-state index contributed by atoms with van der Waals surface area (Å²) in [5, 5.41) is 0. The minimum absolute atomic E-state index is 0.255. The van der Waals surface area contributed by atoms with Gasteiger partial charge in [-0.15, -0.1) is 0 Å². The first-order valence-corrected chi connectivity index (χ1v) is 6.85. The minimum Gasteiger partial charge on any atom is -0.363 e. The van der Waals surface area contributed by atoms with Crippen LogP contribution in [0.3, 0.4) is 0 Å². The third kappa shape index (κ3) is 1.30. The molecule has 1 aromatic carbocycles. The number of hydrogen-bond donors (Lipinski definition) is 1. The summed E-state index contributed by atoms with van der Waals surface area (Å²) in [6.45, 7) is 0.832. The van der Waals surface area contributed by atoms with E-state index in [1.807, 2.05) is 12.3 Å². The predicted octanol–water partition coefficient (Wildman–Crippen LogP) is 2.44. The van der Waals surface area contributed by atoms with Crippen molar-refractivity contribution in [3.63, 3.8) is 0 Å². The number of carbonyl (C=O) groups is 1.